The molecule has 1 aromatic heterocycles. The number of nitrogens with zero attached hydrogens (tertiary/aromatic N) is 2. The first kappa shape index (κ1) is 13.0. The Morgan fingerprint density at radius 2 is 2.21 bits per heavy atom. The van der Waals surface area contributed by atoms with E-state index in [1.54, 1.807) is 24.0 Å². The first-order chi connectivity index (χ1) is 9.00. The van der Waals surface area contributed by atoms with Crippen LogP contribution < -0.4 is 10.5 Å². The molecule has 0 unspecified atom stereocenters. The summed E-state index contributed by atoms with van der Waals surface area (Å²) in [7, 11) is 1.75. The number of aromatic nitrogens is 2. The van der Waals surface area contributed by atoms with Gasteiger partial charge in [0, 0.05) is 19.4 Å². The molecule has 100 valence electrons. The number of carbonyl (C=O) groups excluding carboxylic acids is 1. The second kappa shape index (κ2) is 5.05. The Morgan fingerprint density at radius 3 is 2.79 bits per heavy atom. The molecule has 0 saturated carbocycles. The molecular weight excluding hydrogens is 256 g/mol. The number of imidazole rings is 1. The SMILES string of the molecule is Cn1ccnc1COc1ccc(F)c(C(N)=O)c1F. The molecule has 0 saturated heterocycles. The summed E-state index contributed by atoms with van der Waals surface area (Å²) in [6.07, 6.45) is 3.27. The summed E-state index contributed by atoms with van der Waals surface area (Å²) in [5, 5.41) is 0. The van der Waals surface area contributed by atoms with Gasteiger partial charge < -0.3 is 15.0 Å². The van der Waals surface area contributed by atoms with Gasteiger partial charge in [0.2, 0.25) is 0 Å². The maximum atomic E-state index is 13.8. The van der Waals surface area contributed by atoms with Crippen molar-refractivity contribution in [2.45, 2.75) is 6.61 Å². The maximum Gasteiger partial charge on any atom is 0.254 e. The zero-order valence-corrected chi connectivity index (χ0v) is 10.1. The summed E-state index contributed by atoms with van der Waals surface area (Å²) in [6, 6.07) is 2.02. The Morgan fingerprint density at radius 1 is 1.47 bits per heavy atom. The van der Waals surface area contributed by atoms with Crippen molar-refractivity contribution in [3.63, 3.8) is 0 Å². The van der Waals surface area contributed by atoms with E-state index in [1.807, 2.05) is 0 Å². The van der Waals surface area contributed by atoms with Crippen molar-refractivity contribution in [1.82, 2.24) is 9.55 Å². The largest absolute Gasteiger partial charge is 0.483 e. The summed E-state index contributed by atoms with van der Waals surface area (Å²) in [5.41, 5.74) is 4.10. The highest BCUT2D eigenvalue weighted by Gasteiger charge is 2.19. The van der Waals surface area contributed by atoms with Gasteiger partial charge in [-0.2, -0.15) is 0 Å². The number of aryl methyl sites for hydroxylation is 1. The molecule has 0 fully saturated rings. The average molecular weight is 267 g/mol. The predicted octanol–water partition coefficient (Wildman–Crippen LogP) is 1.38. The van der Waals surface area contributed by atoms with Gasteiger partial charge in [0.1, 0.15) is 23.8 Å². The minimum absolute atomic E-state index is 0.00967. The molecule has 1 heterocycles. The highest BCUT2D eigenvalue weighted by molar-refractivity contribution is 5.93. The van der Waals surface area contributed by atoms with Crippen molar-refractivity contribution in [2.24, 2.45) is 12.8 Å². The average Bonchev–Trinajstić information content (AvgIpc) is 2.73. The first-order valence-electron chi connectivity index (χ1n) is 5.37. The molecule has 2 rings (SSSR count). The third-order valence-electron chi connectivity index (χ3n) is 2.58. The standard InChI is InChI=1S/C12H11F2N3O2/c1-17-5-4-16-9(17)6-19-8-3-2-7(13)10(11(8)14)12(15)18/h2-5H,6H2,1H3,(H2,15,18). The van der Waals surface area contributed by atoms with Crippen LogP contribution in [0.4, 0.5) is 8.78 Å². The molecule has 0 aliphatic carbocycles. The molecule has 2 aromatic rings. The number of hydrogen-bond donors (Lipinski definition) is 1. The lowest BCUT2D eigenvalue weighted by Crippen LogP contribution is -2.16. The maximum absolute atomic E-state index is 13.8. The second-order valence-corrected chi connectivity index (χ2v) is 3.84. The number of nitrogens with two attached hydrogens (primary N) is 1. The third kappa shape index (κ3) is 2.54. The van der Waals surface area contributed by atoms with Gasteiger partial charge >= 0.3 is 0 Å². The molecule has 0 aliphatic heterocycles. The molecule has 1 amide bonds. The van der Waals surface area contributed by atoms with Crippen molar-refractivity contribution in [2.75, 3.05) is 0 Å². The van der Waals surface area contributed by atoms with Crippen LogP contribution in [0.3, 0.4) is 0 Å². The van der Waals surface area contributed by atoms with Crippen LogP contribution in [0.2, 0.25) is 0 Å². The van der Waals surface area contributed by atoms with Crippen LogP contribution in [0, 0.1) is 11.6 Å². The summed E-state index contributed by atoms with van der Waals surface area (Å²) in [4.78, 5) is 14.9. The van der Waals surface area contributed by atoms with Crippen molar-refractivity contribution in [3.05, 3.63) is 47.5 Å². The highest BCUT2D eigenvalue weighted by atomic mass is 19.1. The molecule has 19 heavy (non-hydrogen) atoms. The number of halogens is 2. The van der Waals surface area contributed by atoms with Gasteiger partial charge in [-0.3, -0.25) is 4.79 Å². The minimum Gasteiger partial charge on any atom is -0.483 e. The minimum atomic E-state index is -1.18. The highest BCUT2D eigenvalue weighted by Crippen LogP contribution is 2.23. The number of ether oxygens (including phenoxy) is 1. The lowest BCUT2D eigenvalue weighted by Gasteiger charge is -2.09. The van der Waals surface area contributed by atoms with Crippen molar-refractivity contribution >= 4 is 5.91 Å². The van der Waals surface area contributed by atoms with Gasteiger partial charge in [-0.15, -0.1) is 0 Å². The van der Waals surface area contributed by atoms with Crippen LogP contribution in [0.25, 0.3) is 0 Å². The van der Waals surface area contributed by atoms with Crippen LogP contribution >= 0.6 is 0 Å². The summed E-state index contributed by atoms with van der Waals surface area (Å²) < 4.78 is 33.9. The van der Waals surface area contributed by atoms with Gasteiger partial charge in [-0.05, 0) is 12.1 Å². The van der Waals surface area contributed by atoms with E-state index in [0.717, 1.165) is 12.1 Å². The molecule has 2 N–H and O–H groups in total. The van der Waals surface area contributed by atoms with E-state index in [0.29, 0.717) is 5.82 Å². The fraction of sp³-hybridized carbons (Fsp3) is 0.167. The Balaban J connectivity index is 2.24. The molecule has 0 bridgehead atoms. The zero-order chi connectivity index (χ0) is 14.0. The number of hydrogen-bond acceptors (Lipinski definition) is 3. The molecule has 7 heteroatoms. The monoisotopic (exact) mass is 267 g/mol. The van der Waals surface area contributed by atoms with E-state index < -0.39 is 23.1 Å². The Kier molecular flexibility index (Phi) is 3.46. The molecule has 0 atom stereocenters. The Bertz CT molecular complexity index is 625. The lowest BCUT2D eigenvalue weighted by molar-refractivity contribution is 0.0991. The van der Waals surface area contributed by atoms with E-state index in [2.05, 4.69) is 4.98 Å². The molecule has 5 nitrogen and oxygen atoms in total. The fourth-order valence-electron chi connectivity index (χ4n) is 1.55. The van der Waals surface area contributed by atoms with Gasteiger partial charge in [-0.25, -0.2) is 13.8 Å². The van der Waals surface area contributed by atoms with E-state index in [-0.39, 0.29) is 12.4 Å². The quantitative estimate of drug-likeness (QED) is 0.909. The molecule has 0 radical (unpaired) electrons. The molecule has 0 aliphatic rings. The van der Waals surface area contributed by atoms with Gasteiger partial charge in [0.15, 0.2) is 11.6 Å². The summed E-state index contributed by atoms with van der Waals surface area (Å²) >= 11 is 0. The Hall–Kier alpha value is -2.44. The predicted molar refractivity (Wildman–Crippen MR) is 62.4 cm³/mol. The van der Waals surface area contributed by atoms with Gasteiger partial charge in [-0.1, -0.05) is 0 Å². The third-order valence-corrected chi connectivity index (χ3v) is 2.58. The summed E-state index contributed by atoms with van der Waals surface area (Å²) in [6.45, 7) is -0.00967. The Labute approximate surface area is 107 Å². The van der Waals surface area contributed by atoms with E-state index in [1.165, 1.54) is 0 Å². The number of carbonyl (C=O) groups is 1. The molecule has 1 aromatic carbocycles. The van der Waals surface area contributed by atoms with Crippen LogP contribution in [0.15, 0.2) is 24.5 Å². The van der Waals surface area contributed by atoms with Crippen LogP contribution in [-0.4, -0.2) is 15.5 Å². The van der Waals surface area contributed by atoms with Crippen LogP contribution in [0.1, 0.15) is 16.2 Å². The van der Waals surface area contributed by atoms with Crippen LogP contribution in [-0.2, 0) is 13.7 Å². The molecule has 0 spiro atoms. The zero-order valence-electron chi connectivity index (χ0n) is 10.1. The number of benzene rings is 1. The van der Waals surface area contributed by atoms with Crippen molar-refractivity contribution in [1.29, 1.82) is 0 Å². The number of amides is 1. The van der Waals surface area contributed by atoms with Crippen molar-refractivity contribution in [3.8, 4) is 5.75 Å². The second-order valence-electron chi connectivity index (χ2n) is 3.84. The van der Waals surface area contributed by atoms with Gasteiger partial charge in [0.25, 0.3) is 5.91 Å². The topological polar surface area (TPSA) is 70.1 Å². The van der Waals surface area contributed by atoms with E-state index in [4.69, 9.17) is 10.5 Å². The first-order valence-corrected chi connectivity index (χ1v) is 5.37. The van der Waals surface area contributed by atoms with Crippen LogP contribution in [0.5, 0.6) is 5.75 Å². The number of rotatable bonds is 4. The van der Waals surface area contributed by atoms with Crippen molar-refractivity contribution < 1.29 is 18.3 Å². The number of primary amides is 1. The fourth-order valence-corrected chi connectivity index (χ4v) is 1.55. The van der Waals surface area contributed by atoms with E-state index in [9.17, 15) is 13.6 Å². The normalized spacial score (nSPS) is 10.5. The smallest absolute Gasteiger partial charge is 0.254 e. The van der Waals surface area contributed by atoms with E-state index >= 15 is 0 Å². The lowest BCUT2D eigenvalue weighted by atomic mass is 10.1. The molecular formula is C12H11F2N3O2. The summed E-state index contributed by atoms with van der Waals surface area (Å²) in [5.74, 6) is -3.00. The van der Waals surface area contributed by atoms with Gasteiger partial charge in [0.05, 0.1) is 0 Å².